The van der Waals surface area contributed by atoms with Crippen molar-refractivity contribution < 1.29 is 4.79 Å². The Kier molecular flexibility index (Phi) is 2.42. The average molecular weight is 229 g/mol. The van der Waals surface area contributed by atoms with Crippen molar-refractivity contribution >= 4 is 11.4 Å². The number of ketones is 1. The van der Waals surface area contributed by atoms with Crippen LogP contribution in [0.1, 0.15) is 43.1 Å². The highest BCUT2D eigenvalue weighted by molar-refractivity contribution is 5.79. The molecule has 1 aliphatic rings. The first kappa shape index (κ1) is 10.4. The van der Waals surface area contributed by atoms with Crippen molar-refractivity contribution in [3.8, 4) is 0 Å². The molecule has 88 valence electrons. The summed E-state index contributed by atoms with van der Waals surface area (Å²) >= 11 is 0. The van der Waals surface area contributed by atoms with Gasteiger partial charge in [0.1, 0.15) is 5.78 Å². The maximum atomic E-state index is 11.2. The lowest BCUT2D eigenvalue weighted by Crippen LogP contribution is -2.13. The molecule has 0 amide bonds. The monoisotopic (exact) mass is 229 g/mol. The third kappa shape index (κ3) is 1.84. The topological polar surface area (TPSA) is 47.3 Å². The summed E-state index contributed by atoms with van der Waals surface area (Å²) in [5.41, 5.74) is 1.99. The summed E-state index contributed by atoms with van der Waals surface area (Å²) in [5, 5.41) is 4.56. The molecule has 0 unspecified atom stereocenters. The highest BCUT2D eigenvalue weighted by Gasteiger charge is 2.23. The first-order valence-electron chi connectivity index (χ1n) is 6.08. The van der Waals surface area contributed by atoms with Crippen molar-refractivity contribution in [1.29, 1.82) is 0 Å². The Morgan fingerprint density at radius 3 is 2.76 bits per heavy atom. The maximum Gasteiger partial charge on any atom is 0.155 e. The summed E-state index contributed by atoms with van der Waals surface area (Å²) in [4.78, 5) is 15.8. The Labute approximate surface area is 99.7 Å². The number of nitrogens with zero attached hydrogens (tertiary/aromatic N) is 3. The Bertz CT molecular complexity index is 563. The van der Waals surface area contributed by atoms with E-state index in [0.717, 1.165) is 30.0 Å². The zero-order chi connectivity index (χ0) is 11.8. The number of hydrogen-bond acceptors (Lipinski definition) is 3. The number of carbonyl (C=O) groups excluding carboxylic acids is 1. The van der Waals surface area contributed by atoms with Gasteiger partial charge in [0.05, 0.1) is 0 Å². The summed E-state index contributed by atoms with van der Waals surface area (Å²) in [7, 11) is 0. The predicted molar refractivity (Wildman–Crippen MR) is 63.9 cm³/mol. The second-order valence-corrected chi connectivity index (χ2v) is 4.72. The summed E-state index contributed by atoms with van der Waals surface area (Å²) in [5.74, 6) is 1.62. The summed E-state index contributed by atoms with van der Waals surface area (Å²) < 4.78 is 1.88. The summed E-state index contributed by atoms with van der Waals surface area (Å²) in [6.07, 6.45) is 3.15. The lowest BCUT2D eigenvalue weighted by Gasteiger charge is -2.17. The van der Waals surface area contributed by atoms with E-state index in [0.29, 0.717) is 24.5 Å². The van der Waals surface area contributed by atoms with Crippen molar-refractivity contribution in [3.63, 3.8) is 0 Å². The van der Waals surface area contributed by atoms with E-state index < -0.39 is 0 Å². The van der Waals surface area contributed by atoms with Crippen LogP contribution in [0.15, 0.2) is 18.2 Å². The van der Waals surface area contributed by atoms with Crippen molar-refractivity contribution in [2.75, 3.05) is 0 Å². The minimum atomic E-state index is 0.354. The smallest absolute Gasteiger partial charge is 0.155 e. The van der Waals surface area contributed by atoms with E-state index in [9.17, 15) is 4.79 Å². The number of aryl methyl sites for hydroxylation is 1. The van der Waals surface area contributed by atoms with E-state index >= 15 is 0 Å². The fraction of sp³-hybridized carbons (Fsp3) is 0.462. The quantitative estimate of drug-likeness (QED) is 0.753. The lowest BCUT2D eigenvalue weighted by atomic mass is 9.88. The fourth-order valence-electron chi connectivity index (χ4n) is 2.42. The standard InChI is InChI=1S/C13H15N3O/c1-9-3-2-4-12-14-13(15-16(9)12)10-5-7-11(17)8-6-10/h2-4,10H,5-8H2,1H3. The first-order valence-corrected chi connectivity index (χ1v) is 6.08. The third-order valence-corrected chi connectivity index (χ3v) is 3.47. The van der Waals surface area contributed by atoms with Crippen LogP contribution < -0.4 is 0 Å². The lowest BCUT2D eigenvalue weighted by molar-refractivity contribution is -0.120. The van der Waals surface area contributed by atoms with Gasteiger partial charge in [0.2, 0.25) is 0 Å². The SMILES string of the molecule is Cc1cccc2nc(C3CCC(=O)CC3)nn12. The van der Waals surface area contributed by atoms with Gasteiger partial charge in [0.25, 0.3) is 0 Å². The molecule has 0 bridgehead atoms. The van der Waals surface area contributed by atoms with E-state index in [1.807, 2.05) is 29.6 Å². The molecule has 1 saturated carbocycles. The molecular weight excluding hydrogens is 214 g/mol. The number of pyridine rings is 1. The molecule has 0 N–H and O–H groups in total. The van der Waals surface area contributed by atoms with Gasteiger partial charge in [-0.05, 0) is 31.9 Å². The highest BCUT2D eigenvalue weighted by Crippen LogP contribution is 2.29. The number of rotatable bonds is 1. The van der Waals surface area contributed by atoms with Gasteiger partial charge in [-0.15, -0.1) is 0 Å². The van der Waals surface area contributed by atoms with Crippen LogP contribution in [0.4, 0.5) is 0 Å². The maximum absolute atomic E-state index is 11.2. The third-order valence-electron chi connectivity index (χ3n) is 3.47. The molecule has 0 saturated heterocycles. The zero-order valence-electron chi connectivity index (χ0n) is 9.89. The van der Waals surface area contributed by atoms with Gasteiger partial charge in [0, 0.05) is 24.5 Å². The van der Waals surface area contributed by atoms with Crippen molar-refractivity contribution in [3.05, 3.63) is 29.7 Å². The molecule has 1 fully saturated rings. The Balaban J connectivity index is 1.95. The molecule has 0 spiro atoms. The highest BCUT2D eigenvalue weighted by atomic mass is 16.1. The van der Waals surface area contributed by atoms with E-state index in [1.54, 1.807) is 0 Å². The second-order valence-electron chi connectivity index (χ2n) is 4.72. The number of fused-ring (bicyclic) bond motifs is 1. The number of Topliss-reactive ketones (excluding diaryl/α,β-unsaturated/α-hetero) is 1. The first-order chi connectivity index (χ1) is 8.24. The Hall–Kier alpha value is -1.71. The van der Waals surface area contributed by atoms with Crippen LogP contribution in [-0.2, 0) is 4.79 Å². The van der Waals surface area contributed by atoms with Crippen molar-refractivity contribution in [2.24, 2.45) is 0 Å². The normalized spacial score (nSPS) is 17.8. The molecule has 17 heavy (non-hydrogen) atoms. The average Bonchev–Trinajstić information content (AvgIpc) is 2.75. The van der Waals surface area contributed by atoms with Crippen LogP contribution in [0.2, 0.25) is 0 Å². The summed E-state index contributed by atoms with van der Waals surface area (Å²) in [6, 6.07) is 5.99. The fourth-order valence-corrected chi connectivity index (χ4v) is 2.42. The minimum absolute atomic E-state index is 0.354. The van der Waals surface area contributed by atoms with Crippen LogP contribution in [0.3, 0.4) is 0 Å². The molecule has 0 atom stereocenters. The van der Waals surface area contributed by atoms with E-state index in [2.05, 4.69) is 10.1 Å². The predicted octanol–water partition coefficient (Wildman–Crippen LogP) is 2.26. The molecule has 2 aromatic rings. The van der Waals surface area contributed by atoms with Gasteiger partial charge in [-0.25, -0.2) is 9.50 Å². The number of carbonyl (C=O) groups is 1. The van der Waals surface area contributed by atoms with Crippen LogP contribution in [0.25, 0.3) is 5.65 Å². The molecule has 3 rings (SSSR count). The molecule has 4 heteroatoms. The largest absolute Gasteiger partial charge is 0.300 e. The molecule has 4 nitrogen and oxygen atoms in total. The van der Waals surface area contributed by atoms with Crippen LogP contribution in [-0.4, -0.2) is 20.4 Å². The number of hydrogen-bond donors (Lipinski definition) is 0. The summed E-state index contributed by atoms with van der Waals surface area (Å²) in [6.45, 7) is 2.02. The van der Waals surface area contributed by atoms with Gasteiger partial charge < -0.3 is 0 Å². The van der Waals surface area contributed by atoms with E-state index in [4.69, 9.17) is 0 Å². The van der Waals surface area contributed by atoms with Gasteiger partial charge >= 0.3 is 0 Å². The van der Waals surface area contributed by atoms with Crippen molar-refractivity contribution in [2.45, 2.75) is 38.5 Å². The molecular formula is C13H15N3O. The minimum Gasteiger partial charge on any atom is -0.300 e. The van der Waals surface area contributed by atoms with Gasteiger partial charge in [-0.2, -0.15) is 5.10 Å². The molecule has 0 aliphatic heterocycles. The molecule has 0 radical (unpaired) electrons. The van der Waals surface area contributed by atoms with Crippen molar-refractivity contribution in [1.82, 2.24) is 14.6 Å². The van der Waals surface area contributed by atoms with E-state index in [-0.39, 0.29) is 0 Å². The van der Waals surface area contributed by atoms with Gasteiger partial charge in [-0.3, -0.25) is 4.79 Å². The van der Waals surface area contributed by atoms with Crippen LogP contribution in [0.5, 0.6) is 0 Å². The molecule has 0 aromatic carbocycles. The van der Waals surface area contributed by atoms with Gasteiger partial charge in [-0.1, -0.05) is 6.07 Å². The van der Waals surface area contributed by atoms with E-state index in [1.165, 1.54) is 0 Å². The van der Waals surface area contributed by atoms with Crippen LogP contribution in [0, 0.1) is 6.92 Å². The molecule has 2 aromatic heterocycles. The molecule has 1 aliphatic carbocycles. The van der Waals surface area contributed by atoms with Crippen LogP contribution >= 0.6 is 0 Å². The van der Waals surface area contributed by atoms with Gasteiger partial charge in [0.15, 0.2) is 11.5 Å². The second kappa shape index (κ2) is 3.95. The molecule has 2 heterocycles. The number of aromatic nitrogens is 3. The Morgan fingerprint density at radius 2 is 2.06 bits per heavy atom. The Morgan fingerprint density at radius 1 is 1.29 bits per heavy atom. The zero-order valence-corrected chi connectivity index (χ0v) is 9.89.